The third-order valence-electron chi connectivity index (χ3n) is 5.49. The van der Waals surface area contributed by atoms with E-state index in [0.29, 0.717) is 16.8 Å². The Bertz CT molecular complexity index is 1170. The van der Waals surface area contributed by atoms with Crippen molar-refractivity contribution in [3.63, 3.8) is 0 Å². The number of rotatable bonds is 3. The van der Waals surface area contributed by atoms with Crippen molar-refractivity contribution in [2.75, 3.05) is 18.4 Å². The van der Waals surface area contributed by atoms with Crippen LogP contribution >= 0.6 is 0 Å². The van der Waals surface area contributed by atoms with Crippen LogP contribution in [-0.4, -0.2) is 40.8 Å². The highest BCUT2D eigenvalue weighted by atomic mass is 16.2. The van der Waals surface area contributed by atoms with Crippen LogP contribution in [0.15, 0.2) is 54.6 Å². The van der Waals surface area contributed by atoms with Crippen molar-refractivity contribution < 1.29 is 14.4 Å². The number of carbonyl (C=O) groups is 3. The quantitative estimate of drug-likeness (QED) is 0.551. The van der Waals surface area contributed by atoms with E-state index >= 15 is 0 Å². The number of benzene rings is 2. The fraction of sp³-hybridized carbons (Fsp3) is 0.250. The van der Waals surface area contributed by atoms with E-state index in [1.807, 2.05) is 36.1 Å². The molecule has 0 unspecified atom stereocenters. The Morgan fingerprint density at radius 2 is 1.69 bits per heavy atom. The number of aromatic nitrogens is 1. The second-order valence-electron chi connectivity index (χ2n) is 7.81. The maximum absolute atomic E-state index is 12.9. The standard InChI is InChI=1S/C24H25N5O3/c1-16-9-11-18(15-19(16)23(31)29-13-5-2-6-14-29)25-24(32)28-27-22(30)21-12-10-17-7-3-4-8-20(17)26-21/h3-4,7-12,15H,2,5-6,13-14H2,1H3,(H,27,30)(H2,25,28,32). The normalized spacial score (nSPS) is 13.5. The number of urea groups is 1. The molecule has 0 saturated carbocycles. The molecule has 1 aliphatic heterocycles. The summed E-state index contributed by atoms with van der Waals surface area (Å²) in [5.41, 5.74) is 7.42. The fourth-order valence-corrected chi connectivity index (χ4v) is 3.73. The van der Waals surface area contributed by atoms with Gasteiger partial charge in [-0.3, -0.25) is 15.0 Å². The van der Waals surface area contributed by atoms with Crippen LogP contribution in [-0.2, 0) is 0 Å². The first-order valence-corrected chi connectivity index (χ1v) is 10.6. The number of para-hydroxylation sites is 1. The molecule has 1 aromatic heterocycles. The highest BCUT2D eigenvalue weighted by Gasteiger charge is 2.20. The number of nitrogens with one attached hydrogen (secondary N) is 3. The van der Waals surface area contributed by atoms with E-state index in [2.05, 4.69) is 21.2 Å². The number of likely N-dealkylation sites (tertiary alicyclic amines) is 1. The van der Waals surface area contributed by atoms with Gasteiger partial charge in [-0.15, -0.1) is 0 Å². The molecule has 0 bridgehead atoms. The number of pyridine rings is 1. The molecule has 2 heterocycles. The minimum Gasteiger partial charge on any atom is -0.339 e. The fourth-order valence-electron chi connectivity index (χ4n) is 3.73. The van der Waals surface area contributed by atoms with E-state index in [0.717, 1.165) is 43.3 Å². The Hall–Kier alpha value is -3.94. The number of anilines is 1. The second kappa shape index (κ2) is 9.47. The molecule has 1 saturated heterocycles. The molecule has 8 nitrogen and oxygen atoms in total. The molecule has 0 atom stereocenters. The molecule has 4 amide bonds. The van der Waals surface area contributed by atoms with Crippen molar-refractivity contribution in [2.24, 2.45) is 0 Å². The molecule has 1 fully saturated rings. The summed E-state index contributed by atoms with van der Waals surface area (Å²) in [7, 11) is 0. The highest BCUT2D eigenvalue weighted by Crippen LogP contribution is 2.20. The Morgan fingerprint density at radius 3 is 2.50 bits per heavy atom. The van der Waals surface area contributed by atoms with E-state index in [1.54, 1.807) is 30.3 Å². The van der Waals surface area contributed by atoms with Crippen molar-refractivity contribution in [1.29, 1.82) is 0 Å². The Kier molecular flexibility index (Phi) is 6.30. The van der Waals surface area contributed by atoms with E-state index in [1.165, 1.54) is 0 Å². The number of hydrogen-bond donors (Lipinski definition) is 3. The molecule has 32 heavy (non-hydrogen) atoms. The summed E-state index contributed by atoms with van der Waals surface area (Å²) >= 11 is 0. The number of amides is 4. The lowest BCUT2D eigenvalue weighted by Crippen LogP contribution is -2.44. The predicted molar refractivity (Wildman–Crippen MR) is 122 cm³/mol. The van der Waals surface area contributed by atoms with Crippen LogP contribution in [0.3, 0.4) is 0 Å². The second-order valence-corrected chi connectivity index (χ2v) is 7.81. The molecule has 4 rings (SSSR count). The zero-order valence-corrected chi connectivity index (χ0v) is 17.9. The lowest BCUT2D eigenvalue weighted by atomic mass is 10.0. The van der Waals surface area contributed by atoms with Gasteiger partial charge in [0, 0.05) is 29.7 Å². The lowest BCUT2D eigenvalue weighted by Gasteiger charge is -2.27. The van der Waals surface area contributed by atoms with Crippen LogP contribution in [0.25, 0.3) is 10.9 Å². The van der Waals surface area contributed by atoms with Crippen molar-refractivity contribution in [2.45, 2.75) is 26.2 Å². The van der Waals surface area contributed by atoms with Gasteiger partial charge in [0.1, 0.15) is 5.69 Å². The molecule has 1 aliphatic rings. The number of fused-ring (bicyclic) bond motifs is 1. The average molecular weight is 431 g/mol. The third kappa shape index (κ3) is 4.85. The summed E-state index contributed by atoms with van der Waals surface area (Å²) in [5.74, 6) is -0.558. The van der Waals surface area contributed by atoms with E-state index in [4.69, 9.17) is 0 Å². The zero-order chi connectivity index (χ0) is 22.5. The smallest absolute Gasteiger partial charge is 0.337 e. The topological polar surface area (TPSA) is 103 Å². The summed E-state index contributed by atoms with van der Waals surface area (Å²) in [6.45, 7) is 3.38. The summed E-state index contributed by atoms with van der Waals surface area (Å²) in [5, 5.41) is 3.57. The van der Waals surface area contributed by atoms with Gasteiger partial charge < -0.3 is 10.2 Å². The molecule has 8 heteroatoms. The minimum atomic E-state index is -0.626. The Balaban J connectivity index is 1.37. The van der Waals surface area contributed by atoms with Gasteiger partial charge in [0.05, 0.1) is 5.52 Å². The first-order valence-electron chi connectivity index (χ1n) is 10.6. The van der Waals surface area contributed by atoms with E-state index in [-0.39, 0.29) is 11.6 Å². The van der Waals surface area contributed by atoms with Gasteiger partial charge in [-0.05, 0) is 56.0 Å². The molecule has 0 spiro atoms. The average Bonchev–Trinajstić information content (AvgIpc) is 2.83. The van der Waals surface area contributed by atoms with E-state index in [9.17, 15) is 14.4 Å². The third-order valence-corrected chi connectivity index (χ3v) is 5.49. The number of aryl methyl sites for hydroxylation is 1. The number of nitrogens with zero attached hydrogens (tertiary/aromatic N) is 2. The molecule has 2 aromatic carbocycles. The number of hydrogen-bond acceptors (Lipinski definition) is 4. The van der Waals surface area contributed by atoms with Gasteiger partial charge >= 0.3 is 6.03 Å². The number of piperidine rings is 1. The first kappa shape index (κ1) is 21.3. The summed E-state index contributed by atoms with van der Waals surface area (Å²) in [6, 6.07) is 15.4. The van der Waals surface area contributed by atoms with Crippen LogP contribution in [0.4, 0.5) is 10.5 Å². The maximum atomic E-state index is 12.9. The highest BCUT2D eigenvalue weighted by molar-refractivity contribution is 5.99. The monoisotopic (exact) mass is 431 g/mol. The minimum absolute atomic E-state index is 0.0260. The maximum Gasteiger partial charge on any atom is 0.337 e. The van der Waals surface area contributed by atoms with Crippen LogP contribution in [0, 0.1) is 6.92 Å². The Morgan fingerprint density at radius 1 is 0.906 bits per heavy atom. The van der Waals surface area contributed by atoms with E-state index < -0.39 is 11.9 Å². The SMILES string of the molecule is Cc1ccc(NC(=O)NNC(=O)c2ccc3ccccc3n2)cc1C(=O)N1CCCCC1. The van der Waals surface area contributed by atoms with Crippen LogP contribution in [0.5, 0.6) is 0 Å². The van der Waals surface area contributed by atoms with Gasteiger partial charge in [-0.1, -0.05) is 30.3 Å². The molecular weight excluding hydrogens is 406 g/mol. The predicted octanol–water partition coefficient (Wildman–Crippen LogP) is 3.64. The van der Waals surface area contributed by atoms with Gasteiger partial charge in [0.25, 0.3) is 11.8 Å². The lowest BCUT2D eigenvalue weighted by molar-refractivity contribution is 0.0723. The summed E-state index contributed by atoms with van der Waals surface area (Å²) < 4.78 is 0. The van der Waals surface area contributed by atoms with Crippen molar-refractivity contribution in [3.05, 3.63) is 71.4 Å². The van der Waals surface area contributed by atoms with Gasteiger partial charge in [-0.2, -0.15) is 0 Å². The molecule has 0 aliphatic carbocycles. The van der Waals surface area contributed by atoms with Gasteiger partial charge in [0.15, 0.2) is 0 Å². The molecule has 164 valence electrons. The molecule has 3 aromatic rings. The molecule has 0 radical (unpaired) electrons. The largest absolute Gasteiger partial charge is 0.339 e. The number of hydrazine groups is 1. The number of carbonyl (C=O) groups excluding carboxylic acids is 3. The van der Waals surface area contributed by atoms with Gasteiger partial charge in [0.2, 0.25) is 0 Å². The zero-order valence-electron chi connectivity index (χ0n) is 17.9. The van der Waals surface area contributed by atoms with Crippen LogP contribution < -0.4 is 16.2 Å². The first-order chi connectivity index (χ1) is 15.5. The summed E-state index contributed by atoms with van der Waals surface area (Å²) in [6.07, 6.45) is 3.17. The van der Waals surface area contributed by atoms with Crippen molar-refractivity contribution >= 4 is 34.4 Å². The molecular formula is C24H25N5O3. The Labute approximate surface area is 186 Å². The van der Waals surface area contributed by atoms with Crippen molar-refractivity contribution in [1.82, 2.24) is 20.7 Å². The van der Waals surface area contributed by atoms with Crippen molar-refractivity contribution in [3.8, 4) is 0 Å². The van der Waals surface area contributed by atoms with Crippen LogP contribution in [0.1, 0.15) is 45.7 Å². The van der Waals surface area contributed by atoms with Crippen LogP contribution in [0.2, 0.25) is 0 Å². The van der Waals surface area contributed by atoms with Gasteiger partial charge in [-0.25, -0.2) is 15.2 Å². The summed E-state index contributed by atoms with van der Waals surface area (Å²) in [4.78, 5) is 43.6. The molecule has 3 N–H and O–H groups in total.